The first kappa shape index (κ1) is 22.7. The van der Waals surface area contributed by atoms with Gasteiger partial charge in [-0.1, -0.05) is 51.0 Å². The van der Waals surface area contributed by atoms with Crippen LogP contribution < -0.4 is 9.64 Å². The number of aromatic nitrogens is 1. The number of anilines is 2. The van der Waals surface area contributed by atoms with E-state index in [0.29, 0.717) is 6.42 Å². The van der Waals surface area contributed by atoms with E-state index in [1.54, 1.807) is 7.11 Å². The van der Waals surface area contributed by atoms with E-state index in [-0.39, 0.29) is 0 Å². The number of unbranched alkanes of at least 4 members (excludes halogenated alkanes) is 8. The van der Waals surface area contributed by atoms with Crippen molar-refractivity contribution < 1.29 is 14.6 Å². The first-order valence-electron chi connectivity index (χ1n) is 10.7. The number of ether oxygens (including phenoxy) is 1. The lowest BCUT2D eigenvalue weighted by molar-refractivity contribution is -0.137. The van der Waals surface area contributed by atoms with E-state index in [0.717, 1.165) is 49.5 Å². The molecule has 1 heterocycles. The fourth-order valence-electron chi connectivity index (χ4n) is 3.44. The van der Waals surface area contributed by atoms with Gasteiger partial charge in [0.2, 0.25) is 0 Å². The molecule has 2 aromatic rings. The van der Waals surface area contributed by atoms with Crippen LogP contribution in [-0.2, 0) is 4.79 Å². The summed E-state index contributed by atoms with van der Waals surface area (Å²) in [6.45, 7) is 0.943. The minimum atomic E-state index is -0.681. The molecule has 0 atom stereocenters. The van der Waals surface area contributed by atoms with Gasteiger partial charge in [-0.05, 0) is 49.2 Å². The van der Waals surface area contributed by atoms with Crippen molar-refractivity contribution in [2.75, 3.05) is 18.6 Å². The quantitative estimate of drug-likeness (QED) is 0.361. The molecule has 0 radical (unpaired) electrons. The molecule has 5 heteroatoms. The number of carboxylic acid groups (broad SMARTS) is 1. The van der Waals surface area contributed by atoms with Gasteiger partial charge >= 0.3 is 5.97 Å². The van der Waals surface area contributed by atoms with Crippen molar-refractivity contribution in [2.24, 2.45) is 0 Å². The number of hydrogen-bond donors (Lipinski definition) is 1. The van der Waals surface area contributed by atoms with Crippen LogP contribution in [0.5, 0.6) is 5.75 Å². The van der Waals surface area contributed by atoms with E-state index in [4.69, 9.17) is 9.84 Å². The number of carboxylic acids is 1. The summed E-state index contributed by atoms with van der Waals surface area (Å²) in [7, 11) is 1.68. The molecule has 0 bridgehead atoms. The fraction of sp³-hybridized carbons (Fsp3) is 0.500. The highest BCUT2D eigenvalue weighted by Gasteiger charge is 2.10. The summed E-state index contributed by atoms with van der Waals surface area (Å²) in [5.41, 5.74) is 1.13. The molecule has 0 fully saturated rings. The zero-order chi connectivity index (χ0) is 20.7. The third kappa shape index (κ3) is 8.99. The Morgan fingerprint density at radius 1 is 0.897 bits per heavy atom. The molecule has 0 unspecified atom stereocenters. The summed E-state index contributed by atoms with van der Waals surface area (Å²) in [6, 6.07) is 14.2. The van der Waals surface area contributed by atoms with Crippen LogP contribution in [0, 0.1) is 0 Å². The van der Waals surface area contributed by atoms with E-state index in [2.05, 4.69) is 28.1 Å². The Balaban J connectivity index is 1.69. The predicted octanol–water partition coefficient (Wildman–Crippen LogP) is 6.21. The molecule has 1 aromatic carbocycles. The van der Waals surface area contributed by atoms with Crippen LogP contribution in [0.1, 0.15) is 64.2 Å². The smallest absolute Gasteiger partial charge is 0.303 e. The topological polar surface area (TPSA) is 62.7 Å². The molecule has 29 heavy (non-hydrogen) atoms. The molecule has 0 spiro atoms. The van der Waals surface area contributed by atoms with E-state index in [1.165, 1.54) is 32.1 Å². The van der Waals surface area contributed by atoms with Gasteiger partial charge in [-0.25, -0.2) is 4.98 Å². The molecular formula is C24H34N2O3. The summed E-state index contributed by atoms with van der Waals surface area (Å²) in [4.78, 5) is 17.3. The molecule has 2 rings (SSSR count). The minimum absolute atomic E-state index is 0.307. The second-order valence-electron chi connectivity index (χ2n) is 7.36. The first-order chi connectivity index (χ1) is 14.2. The lowest BCUT2D eigenvalue weighted by atomic mass is 10.1. The predicted molar refractivity (Wildman–Crippen MR) is 118 cm³/mol. The monoisotopic (exact) mass is 398 g/mol. The summed E-state index contributed by atoms with van der Waals surface area (Å²) in [5, 5.41) is 8.63. The van der Waals surface area contributed by atoms with Gasteiger partial charge in [-0.15, -0.1) is 0 Å². The lowest BCUT2D eigenvalue weighted by Crippen LogP contribution is -2.19. The lowest BCUT2D eigenvalue weighted by Gasteiger charge is -2.24. The summed E-state index contributed by atoms with van der Waals surface area (Å²) in [6.07, 6.45) is 12.4. The largest absolute Gasteiger partial charge is 0.497 e. The van der Waals surface area contributed by atoms with E-state index < -0.39 is 5.97 Å². The Kier molecular flexibility index (Phi) is 10.6. The highest BCUT2D eigenvalue weighted by molar-refractivity contribution is 5.66. The van der Waals surface area contributed by atoms with Gasteiger partial charge in [-0.2, -0.15) is 0 Å². The van der Waals surface area contributed by atoms with Crippen LogP contribution >= 0.6 is 0 Å². The molecule has 0 aliphatic carbocycles. The summed E-state index contributed by atoms with van der Waals surface area (Å²) >= 11 is 0. The molecule has 0 aliphatic heterocycles. The maximum Gasteiger partial charge on any atom is 0.303 e. The number of benzene rings is 1. The van der Waals surface area contributed by atoms with Crippen LogP contribution in [0.2, 0.25) is 0 Å². The number of carbonyl (C=O) groups is 1. The number of nitrogens with zero attached hydrogens (tertiary/aromatic N) is 2. The van der Waals surface area contributed by atoms with Gasteiger partial charge in [0, 0.05) is 24.8 Å². The Morgan fingerprint density at radius 3 is 2.07 bits per heavy atom. The zero-order valence-corrected chi connectivity index (χ0v) is 17.6. The maximum atomic E-state index is 10.5. The molecule has 0 saturated heterocycles. The second-order valence-corrected chi connectivity index (χ2v) is 7.36. The van der Waals surface area contributed by atoms with Crippen LogP contribution in [0.4, 0.5) is 11.5 Å². The highest BCUT2D eigenvalue weighted by atomic mass is 16.5. The van der Waals surface area contributed by atoms with Crippen molar-refractivity contribution in [3.05, 3.63) is 48.7 Å². The summed E-state index contributed by atoms with van der Waals surface area (Å²) in [5.74, 6) is 1.15. The zero-order valence-electron chi connectivity index (χ0n) is 17.6. The number of pyridine rings is 1. The minimum Gasteiger partial charge on any atom is -0.497 e. The van der Waals surface area contributed by atoms with Crippen LogP contribution in [-0.4, -0.2) is 29.7 Å². The standard InChI is InChI=1S/C24H34N2O3/c1-29-22-17-15-21(16-18-22)26(23-13-10-11-19-25-23)20-12-8-6-4-2-3-5-7-9-14-24(27)28/h10-11,13,15-19H,2-9,12,14,20H2,1H3,(H,27,28). The van der Waals surface area contributed by atoms with Crippen molar-refractivity contribution in [2.45, 2.75) is 64.2 Å². The van der Waals surface area contributed by atoms with Gasteiger partial charge in [0.25, 0.3) is 0 Å². The van der Waals surface area contributed by atoms with Crippen molar-refractivity contribution in [1.82, 2.24) is 4.98 Å². The normalized spacial score (nSPS) is 10.7. The molecule has 158 valence electrons. The molecule has 5 nitrogen and oxygen atoms in total. The van der Waals surface area contributed by atoms with Crippen molar-refractivity contribution in [3.8, 4) is 5.75 Å². The molecule has 0 aliphatic rings. The Bertz CT molecular complexity index is 689. The molecule has 1 N–H and O–H groups in total. The average Bonchev–Trinajstić information content (AvgIpc) is 2.75. The Morgan fingerprint density at radius 2 is 1.52 bits per heavy atom. The van der Waals surface area contributed by atoms with E-state index in [1.807, 2.05) is 30.5 Å². The van der Waals surface area contributed by atoms with E-state index >= 15 is 0 Å². The van der Waals surface area contributed by atoms with E-state index in [9.17, 15) is 4.79 Å². The average molecular weight is 399 g/mol. The molecule has 0 amide bonds. The van der Waals surface area contributed by atoms with Crippen LogP contribution in [0.3, 0.4) is 0 Å². The Hall–Kier alpha value is -2.56. The van der Waals surface area contributed by atoms with Crippen molar-refractivity contribution >= 4 is 17.5 Å². The van der Waals surface area contributed by atoms with Gasteiger partial charge in [0.1, 0.15) is 11.6 Å². The van der Waals surface area contributed by atoms with Crippen molar-refractivity contribution in [1.29, 1.82) is 0 Å². The van der Waals surface area contributed by atoms with Crippen molar-refractivity contribution in [3.63, 3.8) is 0 Å². The van der Waals surface area contributed by atoms with Gasteiger partial charge in [-0.3, -0.25) is 4.79 Å². The number of hydrogen-bond acceptors (Lipinski definition) is 4. The Labute approximate surface area is 174 Å². The third-order valence-electron chi connectivity index (χ3n) is 5.08. The molecule has 1 aromatic heterocycles. The maximum absolute atomic E-state index is 10.5. The van der Waals surface area contributed by atoms with Gasteiger partial charge in [0.05, 0.1) is 7.11 Å². The SMILES string of the molecule is COc1ccc(N(CCCCCCCCCCCC(=O)O)c2ccccn2)cc1. The number of rotatable bonds is 15. The molecular weight excluding hydrogens is 364 g/mol. The number of methoxy groups -OCH3 is 1. The van der Waals surface area contributed by atoms with Gasteiger partial charge < -0.3 is 14.7 Å². The third-order valence-corrected chi connectivity index (χ3v) is 5.08. The van der Waals surface area contributed by atoms with Crippen LogP contribution in [0.15, 0.2) is 48.7 Å². The summed E-state index contributed by atoms with van der Waals surface area (Å²) < 4.78 is 5.27. The number of aliphatic carboxylic acids is 1. The second kappa shape index (κ2) is 13.6. The van der Waals surface area contributed by atoms with Crippen LogP contribution in [0.25, 0.3) is 0 Å². The highest BCUT2D eigenvalue weighted by Crippen LogP contribution is 2.26. The first-order valence-corrected chi connectivity index (χ1v) is 10.7. The fourth-order valence-corrected chi connectivity index (χ4v) is 3.44. The van der Waals surface area contributed by atoms with Gasteiger partial charge in [0.15, 0.2) is 0 Å². The molecule has 0 saturated carbocycles.